The molecule has 2 N–H and O–H groups in total. The molecule has 1 atom stereocenters. The zero-order chi connectivity index (χ0) is 15.2. The molecule has 5 nitrogen and oxygen atoms in total. The van der Waals surface area contributed by atoms with Crippen molar-refractivity contribution in [2.45, 2.75) is 26.9 Å². The minimum Gasteiger partial charge on any atom is -0.480 e. The summed E-state index contributed by atoms with van der Waals surface area (Å²) in [6, 6.07) is 8.78. The lowest BCUT2D eigenvalue weighted by molar-refractivity contribution is -0.127. The summed E-state index contributed by atoms with van der Waals surface area (Å²) in [6.45, 7) is 5.67. The van der Waals surface area contributed by atoms with Crippen LogP contribution in [0.3, 0.4) is 0 Å². The number of carbonyl (C=O) groups is 1. The number of rotatable bonds is 6. The third-order valence-corrected chi connectivity index (χ3v) is 2.85. The molecule has 1 amide bonds. The van der Waals surface area contributed by atoms with E-state index in [1.807, 2.05) is 19.9 Å². The maximum Gasteiger partial charge on any atom is 0.260 e. The van der Waals surface area contributed by atoms with Crippen LogP contribution in [0.2, 0.25) is 0 Å². The van der Waals surface area contributed by atoms with Crippen LogP contribution in [0.25, 0.3) is 0 Å². The van der Waals surface area contributed by atoms with Gasteiger partial charge in [0, 0.05) is 18.6 Å². The topological polar surface area (TPSA) is 82.3 Å². The first-order valence-electron chi connectivity index (χ1n) is 6.44. The van der Waals surface area contributed by atoms with Crippen molar-refractivity contribution >= 4 is 5.91 Å². The summed E-state index contributed by atoms with van der Waals surface area (Å²) in [5, 5.41) is 20.8. The molecule has 0 aliphatic rings. The van der Waals surface area contributed by atoms with Crippen molar-refractivity contribution in [2.24, 2.45) is 5.41 Å². The molecule has 1 rings (SSSR count). The van der Waals surface area contributed by atoms with Crippen molar-refractivity contribution in [3.8, 4) is 11.8 Å². The van der Waals surface area contributed by atoms with Gasteiger partial charge < -0.3 is 15.2 Å². The molecule has 0 saturated heterocycles. The lowest BCUT2D eigenvalue weighted by Crippen LogP contribution is -2.42. The summed E-state index contributed by atoms with van der Waals surface area (Å²) in [5.74, 6) is 0.110. The average Bonchev–Trinajstić information content (AvgIpc) is 2.45. The van der Waals surface area contributed by atoms with Crippen LogP contribution in [0.1, 0.15) is 26.3 Å². The fourth-order valence-electron chi connectivity index (χ4n) is 1.43. The second kappa shape index (κ2) is 6.92. The summed E-state index contributed by atoms with van der Waals surface area (Å²) in [6.07, 6.45) is -0.709. The van der Waals surface area contributed by atoms with Crippen LogP contribution in [0.5, 0.6) is 5.75 Å². The second-order valence-corrected chi connectivity index (χ2v) is 5.41. The quantitative estimate of drug-likeness (QED) is 0.824. The lowest BCUT2D eigenvalue weighted by atomic mass is 9.95. The van der Waals surface area contributed by atoms with Gasteiger partial charge in [-0.3, -0.25) is 4.79 Å². The highest BCUT2D eigenvalue weighted by Gasteiger charge is 2.21. The summed E-state index contributed by atoms with van der Waals surface area (Å²) in [4.78, 5) is 11.9. The van der Waals surface area contributed by atoms with E-state index < -0.39 is 6.10 Å². The molecular formula is C15H20N2O3. The molecule has 0 heterocycles. The van der Waals surface area contributed by atoms with Crippen LogP contribution in [-0.4, -0.2) is 30.3 Å². The van der Waals surface area contributed by atoms with E-state index in [0.717, 1.165) is 0 Å². The van der Waals surface area contributed by atoms with E-state index in [2.05, 4.69) is 5.32 Å². The highest BCUT2D eigenvalue weighted by atomic mass is 16.5. The number of para-hydroxylation sites is 1. The second-order valence-electron chi connectivity index (χ2n) is 5.41. The largest absolute Gasteiger partial charge is 0.480 e. The number of nitriles is 1. The van der Waals surface area contributed by atoms with Crippen molar-refractivity contribution in [3.05, 3.63) is 29.8 Å². The van der Waals surface area contributed by atoms with E-state index in [9.17, 15) is 4.79 Å². The molecule has 108 valence electrons. The van der Waals surface area contributed by atoms with E-state index >= 15 is 0 Å². The normalized spacial score (nSPS) is 12.3. The van der Waals surface area contributed by atoms with E-state index in [0.29, 0.717) is 17.9 Å². The van der Waals surface area contributed by atoms with Crippen molar-refractivity contribution in [1.82, 2.24) is 5.32 Å². The van der Waals surface area contributed by atoms with Crippen LogP contribution in [0.15, 0.2) is 24.3 Å². The third-order valence-electron chi connectivity index (χ3n) is 2.85. The predicted octanol–water partition coefficient (Wildman–Crippen LogP) is 1.46. The van der Waals surface area contributed by atoms with E-state index in [1.54, 1.807) is 31.2 Å². The van der Waals surface area contributed by atoms with Gasteiger partial charge in [-0.05, 0) is 19.1 Å². The summed E-state index contributed by atoms with van der Waals surface area (Å²) in [5.41, 5.74) is 0.0165. The number of aliphatic hydroxyl groups excluding tert-OH is 1. The number of amides is 1. The molecular weight excluding hydrogens is 256 g/mol. The zero-order valence-corrected chi connectivity index (χ0v) is 12.0. The SMILES string of the molecule is CC(Oc1ccccc1C#N)C(=O)NCC(C)(C)CO. The van der Waals surface area contributed by atoms with Crippen molar-refractivity contribution in [1.29, 1.82) is 5.26 Å². The number of hydrogen-bond acceptors (Lipinski definition) is 4. The van der Waals surface area contributed by atoms with Gasteiger partial charge in [-0.2, -0.15) is 5.26 Å². The highest BCUT2D eigenvalue weighted by Crippen LogP contribution is 2.18. The molecule has 0 saturated carbocycles. The Balaban J connectivity index is 2.60. The number of nitrogens with one attached hydrogen (secondary N) is 1. The van der Waals surface area contributed by atoms with E-state index in [1.165, 1.54) is 0 Å². The fraction of sp³-hybridized carbons (Fsp3) is 0.467. The average molecular weight is 276 g/mol. The van der Waals surface area contributed by atoms with E-state index in [4.69, 9.17) is 15.1 Å². The molecule has 1 aromatic rings. The Bertz CT molecular complexity index is 506. The molecule has 1 aromatic carbocycles. The maximum atomic E-state index is 11.9. The summed E-state index contributed by atoms with van der Waals surface area (Å²) in [7, 11) is 0. The first-order valence-corrected chi connectivity index (χ1v) is 6.44. The maximum absolute atomic E-state index is 11.9. The molecule has 0 spiro atoms. The van der Waals surface area contributed by atoms with Gasteiger partial charge in [0.05, 0.1) is 5.56 Å². The number of ether oxygens (including phenoxy) is 1. The molecule has 20 heavy (non-hydrogen) atoms. The minimum absolute atomic E-state index is 0.0141. The van der Waals surface area contributed by atoms with Gasteiger partial charge in [0.25, 0.3) is 5.91 Å². The minimum atomic E-state index is -0.709. The Kier molecular flexibility index (Phi) is 5.53. The third kappa shape index (κ3) is 4.56. The van der Waals surface area contributed by atoms with Crippen molar-refractivity contribution in [3.63, 3.8) is 0 Å². The number of aliphatic hydroxyl groups is 1. The molecule has 0 fully saturated rings. The first kappa shape index (κ1) is 16.0. The van der Waals surface area contributed by atoms with Gasteiger partial charge in [-0.1, -0.05) is 26.0 Å². The number of carbonyl (C=O) groups excluding carboxylic acids is 1. The molecule has 1 unspecified atom stereocenters. The number of benzene rings is 1. The van der Waals surface area contributed by atoms with Gasteiger partial charge in [0.2, 0.25) is 0 Å². The van der Waals surface area contributed by atoms with Crippen LogP contribution in [-0.2, 0) is 4.79 Å². The van der Waals surface area contributed by atoms with Crippen LogP contribution >= 0.6 is 0 Å². The standard InChI is InChI=1S/C15H20N2O3/c1-11(14(19)17-9-15(2,3)10-18)20-13-7-5-4-6-12(13)8-16/h4-7,11,18H,9-10H2,1-3H3,(H,17,19). The number of nitrogens with zero attached hydrogens (tertiary/aromatic N) is 1. The van der Waals surface area contributed by atoms with Crippen LogP contribution in [0, 0.1) is 16.7 Å². The Morgan fingerprint density at radius 2 is 2.15 bits per heavy atom. The molecule has 5 heteroatoms. The van der Waals surface area contributed by atoms with Gasteiger partial charge in [-0.25, -0.2) is 0 Å². The lowest BCUT2D eigenvalue weighted by Gasteiger charge is -2.23. The van der Waals surface area contributed by atoms with Crippen LogP contribution < -0.4 is 10.1 Å². The molecule has 0 aliphatic heterocycles. The molecule has 0 aliphatic carbocycles. The Labute approximate surface area is 119 Å². The Morgan fingerprint density at radius 3 is 2.75 bits per heavy atom. The predicted molar refractivity (Wildman–Crippen MR) is 75.1 cm³/mol. The van der Waals surface area contributed by atoms with Gasteiger partial charge in [-0.15, -0.1) is 0 Å². The molecule has 0 aromatic heterocycles. The smallest absolute Gasteiger partial charge is 0.260 e. The Hall–Kier alpha value is -2.06. The van der Waals surface area contributed by atoms with Gasteiger partial charge >= 0.3 is 0 Å². The molecule has 0 bridgehead atoms. The van der Waals surface area contributed by atoms with Gasteiger partial charge in [0.15, 0.2) is 6.10 Å². The highest BCUT2D eigenvalue weighted by molar-refractivity contribution is 5.80. The summed E-state index contributed by atoms with van der Waals surface area (Å²) < 4.78 is 5.50. The van der Waals surface area contributed by atoms with E-state index in [-0.39, 0.29) is 17.9 Å². The number of hydrogen-bond donors (Lipinski definition) is 2. The fourth-order valence-corrected chi connectivity index (χ4v) is 1.43. The molecule has 0 radical (unpaired) electrons. The Morgan fingerprint density at radius 1 is 1.50 bits per heavy atom. The summed E-state index contributed by atoms with van der Waals surface area (Å²) >= 11 is 0. The van der Waals surface area contributed by atoms with Gasteiger partial charge in [0.1, 0.15) is 11.8 Å². The van der Waals surface area contributed by atoms with Crippen molar-refractivity contribution in [2.75, 3.05) is 13.2 Å². The van der Waals surface area contributed by atoms with Crippen molar-refractivity contribution < 1.29 is 14.6 Å². The monoisotopic (exact) mass is 276 g/mol. The van der Waals surface area contributed by atoms with Crippen LogP contribution in [0.4, 0.5) is 0 Å². The zero-order valence-electron chi connectivity index (χ0n) is 12.0. The first-order chi connectivity index (χ1) is 9.39.